The van der Waals surface area contributed by atoms with Gasteiger partial charge in [0.1, 0.15) is 0 Å². The van der Waals surface area contributed by atoms with E-state index >= 15 is 0 Å². The zero-order chi connectivity index (χ0) is 14.9. The number of aliphatic hydroxyl groups excluding tert-OH is 1. The van der Waals surface area contributed by atoms with E-state index in [0.717, 1.165) is 24.4 Å². The van der Waals surface area contributed by atoms with Crippen LogP contribution in [0.2, 0.25) is 0 Å². The van der Waals surface area contributed by atoms with E-state index in [1.807, 2.05) is 13.8 Å². The van der Waals surface area contributed by atoms with E-state index in [1.165, 1.54) is 0 Å². The SMILES string of the molecule is Cc1nn(CC(O)CN2CCC(C(N)=O)C2)c(C)c1N. The molecule has 1 fully saturated rings. The Kier molecular flexibility index (Phi) is 4.29. The van der Waals surface area contributed by atoms with Gasteiger partial charge in [0.05, 0.1) is 35.6 Å². The van der Waals surface area contributed by atoms with Crippen LogP contribution in [0.15, 0.2) is 0 Å². The number of nitrogens with two attached hydrogens (primary N) is 2. The molecule has 7 heteroatoms. The lowest BCUT2D eigenvalue weighted by Gasteiger charge is -2.20. The second-order valence-corrected chi connectivity index (χ2v) is 5.57. The summed E-state index contributed by atoms with van der Waals surface area (Å²) in [5, 5.41) is 14.5. The van der Waals surface area contributed by atoms with Crippen molar-refractivity contribution >= 4 is 11.6 Å². The fourth-order valence-corrected chi connectivity index (χ4v) is 2.67. The predicted molar refractivity (Wildman–Crippen MR) is 75.9 cm³/mol. The molecule has 0 bridgehead atoms. The van der Waals surface area contributed by atoms with Crippen molar-refractivity contribution in [1.82, 2.24) is 14.7 Å². The Labute approximate surface area is 118 Å². The Hall–Kier alpha value is -1.60. The minimum Gasteiger partial charge on any atom is -0.396 e. The topological polar surface area (TPSA) is 110 Å². The highest BCUT2D eigenvalue weighted by Gasteiger charge is 2.27. The lowest BCUT2D eigenvalue weighted by molar-refractivity contribution is -0.121. The van der Waals surface area contributed by atoms with E-state index in [0.29, 0.717) is 25.3 Å². The van der Waals surface area contributed by atoms with Crippen LogP contribution in [0.5, 0.6) is 0 Å². The van der Waals surface area contributed by atoms with E-state index in [9.17, 15) is 9.90 Å². The summed E-state index contributed by atoms with van der Waals surface area (Å²) in [5.41, 5.74) is 13.5. The second-order valence-electron chi connectivity index (χ2n) is 5.57. The van der Waals surface area contributed by atoms with Gasteiger partial charge in [0.2, 0.25) is 5.91 Å². The van der Waals surface area contributed by atoms with Crippen LogP contribution in [0.25, 0.3) is 0 Å². The average Bonchev–Trinajstić information content (AvgIpc) is 2.92. The number of primary amides is 1. The highest BCUT2D eigenvalue weighted by Crippen LogP contribution is 2.17. The molecule has 0 aliphatic carbocycles. The van der Waals surface area contributed by atoms with E-state index < -0.39 is 6.10 Å². The van der Waals surface area contributed by atoms with Gasteiger partial charge in [-0.3, -0.25) is 14.4 Å². The zero-order valence-electron chi connectivity index (χ0n) is 12.0. The third-order valence-electron chi connectivity index (χ3n) is 3.96. The van der Waals surface area contributed by atoms with Crippen LogP contribution in [0.4, 0.5) is 5.69 Å². The number of hydrogen-bond acceptors (Lipinski definition) is 5. The summed E-state index contributed by atoms with van der Waals surface area (Å²) in [6.45, 7) is 6.09. The van der Waals surface area contributed by atoms with Gasteiger partial charge in [-0.2, -0.15) is 5.10 Å². The molecule has 2 rings (SSSR count). The van der Waals surface area contributed by atoms with Crippen molar-refractivity contribution < 1.29 is 9.90 Å². The Balaban J connectivity index is 1.88. The maximum absolute atomic E-state index is 11.1. The Bertz CT molecular complexity index is 499. The maximum atomic E-state index is 11.1. The van der Waals surface area contributed by atoms with Crippen molar-refractivity contribution in [2.75, 3.05) is 25.4 Å². The van der Waals surface area contributed by atoms with Crippen LogP contribution >= 0.6 is 0 Å². The van der Waals surface area contributed by atoms with Gasteiger partial charge < -0.3 is 16.6 Å². The molecule has 2 unspecified atom stereocenters. The van der Waals surface area contributed by atoms with Crippen LogP contribution in [-0.4, -0.2) is 51.4 Å². The summed E-state index contributed by atoms with van der Waals surface area (Å²) < 4.78 is 1.73. The number of aliphatic hydroxyl groups is 1. The van der Waals surface area contributed by atoms with Gasteiger partial charge in [-0.05, 0) is 26.8 Å². The van der Waals surface area contributed by atoms with Gasteiger partial charge in [-0.15, -0.1) is 0 Å². The molecule has 5 N–H and O–H groups in total. The van der Waals surface area contributed by atoms with E-state index in [2.05, 4.69) is 10.00 Å². The molecule has 112 valence electrons. The predicted octanol–water partition coefficient (Wildman–Crippen LogP) is -0.750. The van der Waals surface area contributed by atoms with Gasteiger partial charge in [-0.1, -0.05) is 0 Å². The van der Waals surface area contributed by atoms with Crippen molar-refractivity contribution in [3.8, 4) is 0 Å². The third-order valence-corrected chi connectivity index (χ3v) is 3.96. The fraction of sp³-hybridized carbons (Fsp3) is 0.692. The summed E-state index contributed by atoms with van der Waals surface area (Å²) in [6, 6.07) is 0. The minimum absolute atomic E-state index is 0.0912. The van der Waals surface area contributed by atoms with Crippen molar-refractivity contribution in [3.05, 3.63) is 11.4 Å². The number of carbonyl (C=O) groups excluding carboxylic acids is 1. The number of aryl methyl sites for hydroxylation is 1. The first-order valence-corrected chi connectivity index (χ1v) is 6.87. The first-order chi connectivity index (χ1) is 9.38. The summed E-state index contributed by atoms with van der Waals surface area (Å²) in [6.07, 6.45) is 0.230. The Morgan fingerprint density at radius 3 is 2.70 bits per heavy atom. The van der Waals surface area contributed by atoms with E-state index in [1.54, 1.807) is 4.68 Å². The van der Waals surface area contributed by atoms with Crippen LogP contribution in [0.1, 0.15) is 17.8 Å². The van der Waals surface area contributed by atoms with Gasteiger partial charge in [0.25, 0.3) is 0 Å². The molecule has 1 aromatic rings. The number of nitrogen functional groups attached to an aromatic ring is 1. The first kappa shape index (κ1) is 14.8. The highest BCUT2D eigenvalue weighted by molar-refractivity contribution is 5.77. The number of rotatable bonds is 5. The summed E-state index contributed by atoms with van der Waals surface area (Å²) in [4.78, 5) is 13.2. The molecule has 1 aromatic heterocycles. The highest BCUT2D eigenvalue weighted by atomic mass is 16.3. The second kappa shape index (κ2) is 5.80. The molecule has 0 aromatic carbocycles. The van der Waals surface area contributed by atoms with Crippen LogP contribution in [0, 0.1) is 19.8 Å². The van der Waals surface area contributed by atoms with Crippen molar-refractivity contribution in [2.24, 2.45) is 11.7 Å². The Morgan fingerprint density at radius 1 is 1.50 bits per heavy atom. The molecule has 0 radical (unpaired) electrons. The standard InChI is InChI=1S/C13H23N5O2/c1-8-12(14)9(2)18(16-8)7-11(19)6-17-4-3-10(5-17)13(15)20/h10-11,19H,3-7,14H2,1-2H3,(H2,15,20). The molecule has 2 heterocycles. The minimum atomic E-state index is -0.543. The smallest absolute Gasteiger partial charge is 0.221 e. The van der Waals surface area contributed by atoms with Crippen LogP contribution < -0.4 is 11.5 Å². The number of aromatic nitrogens is 2. The number of β-amino-alcohol motifs (C(OH)–C–C–N with tert-alkyl or cyclic N) is 1. The molecule has 2 atom stereocenters. The summed E-state index contributed by atoms with van der Waals surface area (Å²) in [5.74, 6) is -0.347. The monoisotopic (exact) mass is 281 g/mol. The molecule has 1 aliphatic rings. The molecule has 1 amide bonds. The van der Waals surface area contributed by atoms with Crippen molar-refractivity contribution in [2.45, 2.75) is 32.9 Å². The lowest BCUT2D eigenvalue weighted by Crippen LogP contribution is -2.35. The van der Waals surface area contributed by atoms with Crippen molar-refractivity contribution in [1.29, 1.82) is 0 Å². The number of hydrogen-bond donors (Lipinski definition) is 3. The van der Waals surface area contributed by atoms with Gasteiger partial charge >= 0.3 is 0 Å². The molecule has 1 aliphatic heterocycles. The van der Waals surface area contributed by atoms with Crippen LogP contribution in [-0.2, 0) is 11.3 Å². The van der Waals surface area contributed by atoms with Gasteiger partial charge in [-0.25, -0.2) is 0 Å². The van der Waals surface area contributed by atoms with Gasteiger partial charge in [0, 0.05) is 13.1 Å². The quantitative estimate of drug-likeness (QED) is 0.658. The molecule has 0 spiro atoms. The molecular weight excluding hydrogens is 258 g/mol. The largest absolute Gasteiger partial charge is 0.396 e. The zero-order valence-corrected chi connectivity index (χ0v) is 12.0. The van der Waals surface area contributed by atoms with Crippen LogP contribution in [0.3, 0.4) is 0 Å². The summed E-state index contributed by atoms with van der Waals surface area (Å²) in [7, 11) is 0. The van der Waals surface area contributed by atoms with E-state index in [4.69, 9.17) is 11.5 Å². The Morgan fingerprint density at radius 2 is 2.20 bits per heavy atom. The normalized spacial score (nSPS) is 21.2. The number of carbonyl (C=O) groups is 1. The van der Waals surface area contributed by atoms with Crippen molar-refractivity contribution in [3.63, 3.8) is 0 Å². The lowest BCUT2D eigenvalue weighted by atomic mass is 10.1. The molecular formula is C13H23N5O2. The maximum Gasteiger partial charge on any atom is 0.221 e. The summed E-state index contributed by atoms with van der Waals surface area (Å²) >= 11 is 0. The molecule has 20 heavy (non-hydrogen) atoms. The fourth-order valence-electron chi connectivity index (χ4n) is 2.67. The molecule has 0 saturated carbocycles. The number of nitrogens with zero attached hydrogens (tertiary/aromatic N) is 3. The average molecular weight is 281 g/mol. The number of anilines is 1. The molecule has 1 saturated heterocycles. The number of likely N-dealkylation sites (tertiary alicyclic amines) is 1. The van der Waals surface area contributed by atoms with E-state index in [-0.39, 0.29) is 11.8 Å². The number of amides is 1. The third kappa shape index (κ3) is 3.10. The first-order valence-electron chi connectivity index (χ1n) is 6.87. The molecule has 7 nitrogen and oxygen atoms in total. The van der Waals surface area contributed by atoms with Gasteiger partial charge in [0.15, 0.2) is 0 Å².